The van der Waals surface area contributed by atoms with E-state index in [9.17, 15) is 33.6 Å². The van der Waals surface area contributed by atoms with Crippen LogP contribution in [0.1, 0.15) is 171 Å². The van der Waals surface area contributed by atoms with Gasteiger partial charge in [-0.2, -0.15) is 5.10 Å². The monoisotopic (exact) mass is 1720 g/mol. The number of hydrogen-bond acceptors (Lipinski definition) is 24. The molecule has 28 nitrogen and oxygen atoms in total. The molecule has 116 heavy (non-hydrogen) atoms. The normalized spacial score (nSPS) is 17.2. The fraction of sp³-hybridized carbons (Fsp3) is 0.424. The first-order valence-corrected chi connectivity index (χ1v) is 38.3. The van der Waals surface area contributed by atoms with Gasteiger partial charge < -0.3 is 38.5 Å². The predicted octanol–water partition coefficient (Wildman–Crippen LogP) is 14.6. The van der Waals surface area contributed by atoms with E-state index in [1.54, 1.807) is 50.0 Å². The Bertz CT molecular complexity index is 4590. The third-order valence-corrected chi connectivity index (χ3v) is 17.6. The molecule has 626 valence electrons. The van der Waals surface area contributed by atoms with Gasteiger partial charge in [0, 0.05) is 74.8 Å². The summed E-state index contributed by atoms with van der Waals surface area (Å²) in [5.74, 6) is 10.1. The average molecular weight is 1720 g/mol. The summed E-state index contributed by atoms with van der Waals surface area (Å²) in [6, 6.07) is 28.3. The second kappa shape index (κ2) is 47.5. The van der Waals surface area contributed by atoms with Crippen molar-refractivity contribution in [1.82, 2.24) is 56.2 Å². The topological polar surface area (TPSA) is 378 Å². The number of aliphatic imine (C=N–C) groups is 1. The Hall–Kier alpha value is -10.4. The number of hydrazine groups is 2. The van der Waals surface area contributed by atoms with Crippen LogP contribution >= 0.6 is 24.0 Å². The SMILES string of the molecule is C=CCCC(=O)Cl.C=CCCC(=O)NN.C=CCCc1nnc(N[C@H](C(=O)N2C[C@H](Oc3nc4ccccc4nc3-c3cccc(C=C)c3)C[C@H]2C(=O)OC)C(C)(C)C)o1.CC(=O)[C@@H]1C[C@@H]2CN1C(=O)[C@H](C(C)(C)C)N=C1CC(=NN1)CC/C=C/c1cccc(c1)-c1nc3ccccc3nc1O2.CC(C)(C)OC(=O)NN.CCC.Cl.[Ru]. The Kier molecular flexibility index (Phi) is 40.1. The number of anilines is 1. The predicted molar refractivity (Wildman–Crippen MR) is 454 cm³/mol. The number of allylic oxidation sites excluding steroid dienone is 4. The summed E-state index contributed by atoms with van der Waals surface area (Å²) in [5, 5.41) is 15.4. The molecule has 4 aliphatic heterocycles. The molecule has 2 fully saturated rings. The number of Topliss-reactive ketones (excluding diaryl/α,β-unsaturated/α-hetero) is 1. The van der Waals surface area contributed by atoms with E-state index in [2.05, 4.69) is 90.5 Å². The number of ether oxygens (including phenoxy) is 4. The fourth-order valence-corrected chi connectivity index (χ4v) is 12.0. The van der Waals surface area contributed by atoms with E-state index < -0.39 is 64.9 Å². The van der Waals surface area contributed by atoms with Crippen molar-refractivity contribution >= 4 is 117 Å². The standard InChI is InChI=1S/C34H38N6O5.C33H36N6O3.C5H7ClO.C5H12N2O2.C5H10N2O.C3H8.ClH.Ru/c1-7-9-17-27-38-39-33(45-27)37-29(34(3,4)5)31(41)40-20-23(19-26(40)32(42)43-6)44-30-28(22-14-12-13-21(8-2)18-22)35-24-15-10-11-16-25(24)36-30;1-20(40)27-18-24-19-39(27)32(41)30(33(2,3)4)36-28-17-23(37-38-28)13-6-5-10-21-11-9-12-22(16-21)29-31(42-24)35-26-15-8-7-14-25(26)34-29;1-2-3-4-5(6)7;1-5(2,3)9-4(8)7-6;1-2-3-4-5(8)7-6;1-3-2;;/h7-8,10-16,18,23,26,29H,1-2,9,17,19-20H2,3-6H3,(H,37,39);5,7-12,14-16,24,27,30H,6,13,17-19H2,1-4H3,(H,36,38);2H,1,3-4H2;6H2,1-3H3,(H,7,8);2H,1,3-4,6H2,(H,7,8);3H2,1-2H3;1H;/b;10-5+;;;;;;/t23-,26+,29-;24-,27+,30-;;;;;;/m11....../s1. The number of amides is 4. The summed E-state index contributed by atoms with van der Waals surface area (Å²) in [5.41, 5.74) is 14.1. The molecule has 6 bridgehead atoms. The van der Waals surface area contributed by atoms with Crippen molar-refractivity contribution in [1.29, 1.82) is 0 Å². The molecule has 3 aromatic heterocycles. The van der Waals surface area contributed by atoms with Crippen molar-refractivity contribution < 1.29 is 76.4 Å². The van der Waals surface area contributed by atoms with Gasteiger partial charge in [0.15, 0.2) is 5.78 Å². The average Bonchev–Trinajstić information content (AvgIpc) is 1.60. The zero-order valence-electron chi connectivity index (χ0n) is 68.6. The number of aryl methyl sites for hydroxylation is 1. The summed E-state index contributed by atoms with van der Waals surface area (Å²) in [6.45, 7) is 37.7. The Labute approximate surface area is 704 Å². The molecule has 4 aromatic carbocycles. The molecule has 4 amide bonds. The van der Waals surface area contributed by atoms with Crippen LogP contribution < -0.4 is 42.8 Å². The second-order valence-electron chi connectivity index (χ2n) is 30.2. The number of carbonyl (C=O) groups is 7. The molecule has 7 aromatic rings. The minimum atomic E-state index is -0.869. The van der Waals surface area contributed by atoms with Gasteiger partial charge in [-0.15, -0.1) is 37.2 Å². The number of nitrogens with one attached hydrogen (secondary N) is 4. The number of para-hydroxylation sites is 4. The third-order valence-electron chi connectivity index (χ3n) is 17.4. The zero-order valence-corrected chi connectivity index (χ0v) is 71.9. The van der Waals surface area contributed by atoms with E-state index >= 15 is 0 Å². The number of likely N-dealkylation sites (tertiary alicyclic amines) is 1. The largest absolute Gasteiger partial charge is 0.471 e. The third kappa shape index (κ3) is 30.3. The van der Waals surface area contributed by atoms with Gasteiger partial charge in [-0.25, -0.2) is 41.2 Å². The number of amidine groups is 1. The quantitative estimate of drug-likeness (QED) is 0.00884. The molecular weight excluding hydrogens is 1610 g/mol. The van der Waals surface area contributed by atoms with Crippen molar-refractivity contribution in [2.45, 2.75) is 202 Å². The summed E-state index contributed by atoms with van der Waals surface area (Å²) >= 11 is 4.97. The zero-order chi connectivity index (χ0) is 83.9. The summed E-state index contributed by atoms with van der Waals surface area (Å²) in [4.78, 5) is 112. The Morgan fingerprint density at radius 3 is 1.91 bits per heavy atom. The number of fused-ring (bicyclic) bond motifs is 10. The smallest absolute Gasteiger partial charge is 0.421 e. The van der Waals surface area contributed by atoms with Gasteiger partial charge in [-0.05, 0) is 130 Å². The van der Waals surface area contributed by atoms with Gasteiger partial charge in [-0.1, -0.05) is 171 Å². The summed E-state index contributed by atoms with van der Waals surface area (Å²) in [6.07, 6.45) is 16.9. The minimum Gasteiger partial charge on any atom is -0.471 e. The summed E-state index contributed by atoms with van der Waals surface area (Å²) in [7, 11) is 1.31. The van der Waals surface area contributed by atoms with E-state index in [1.165, 1.54) is 25.4 Å². The molecule has 0 radical (unpaired) electrons. The molecule has 0 saturated carbocycles. The van der Waals surface area contributed by atoms with Crippen molar-refractivity contribution in [3.8, 4) is 34.3 Å². The number of methoxy groups -OCH3 is 1. The summed E-state index contributed by atoms with van der Waals surface area (Å²) < 4.78 is 28.6. The maximum Gasteiger partial charge on any atom is 0.421 e. The van der Waals surface area contributed by atoms with Crippen LogP contribution in [0.4, 0.5) is 10.8 Å². The Morgan fingerprint density at radius 1 is 0.750 bits per heavy atom. The van der Waals surface area contributed by atoms with Gasteiger partial charge in [0.05, 0.1) is 48.3 Å². The number of rotatable bonds is 18. The molecule has 2 saturated heterocycles. The van der Waals surface area contributed by atoms with E-state index in [0.717, 1.165) is 46.3 Å². The van der Waals surface area contributed by atoms with Crippen LogP contribution in [-0.2, 0) is 64.1 Å². The van der Waals surface area contributed by atoms with Crippen LogP contribution in [0, 0.1) is 10.8 Å². The van der Waals surface area contributed by atoms with Crippen LogP contribution in [-0.4, -0.2) is 154 Å². The fourth-order valence-electron chi connectivity index (χ4n) is 11.9. The molecule has 6 atom stereocenters. The number of hydrazone groups is 1. The number of benzene rings is 4. The van der Waals surface area contributed by atoms with Crippen LogP contribution in [0.3, 0.4) is 0 Å². The number of carbonyl (C=O) groups excluding carboxylic acids is 7. The van der Waals surface area contributed by atoms with Crippen molar-refractivity contribution in [3.05, 3.63) is 165 Å². The number of aromatic nitrogens is 6. The van der Waals surface area contributed by atoms with E-state index in [-0.39, 0.29) is 86.2 Å². The number of nitrogens with zero attached hydrogens (tertiary/aromatic N) is 10. The van der Waals surface area contributed by atoms with Crippen molar-refractivity contribution in [2.24, 2.45) is 32.6 Å². The van der Waals surface area contributed by atoms with Crippen molar-refractivity contribution in [3.63, 3.8) is 0 Å². The van der Waals surface area contributed by atoms with Crippen molar-refractivity contribution in [2.75, 3.05) is 25.5 Å². The minimum absolute atomic E-state index is 0. The molecule has 0 unspecified atom stereocenters. The molecule has 11 rings (SSSR count). The first kappa shape index (κ1) is 97.9. The molecule has 8 N–H and O–H groups in total. The molecule has 0 aliphatic carbocycles. The van der Waals surface area contributed by atoms with Gasteiger partial charge in [-0.3, -0.25) is 45.2 Å². The van der Waals surface area contributed by atoms with Gasteiger partial charge >= 0.3 is 18.1 Å². The van der Waals surface area contributed by atoms with E-state index in [0.29, 0.717) is 103 Å². The van der Waals surface area contributed by atoms with Crippen LogP contribution in [0.15, 0.2) is 162 Å². The van der Waals surface area contributed by atoms with Gasteiger partial charge in [0.25, 0.3) is 0 Å². The number of ketones is 1. The first-order valence-electron chi connectivity index (χ1n) is 37.9. The number of hydrogen-bond donors (Lipinski definition) is 6. The molecular formula is C85H112Cl2N16O12Ru. The Morgan fingerprint density at radius 2 is 1.35 bits per heavy atom. The van der Waals surface area contributed by atoms with E-state index in [4.69, 9.17) is 71.6 Å². The maximum absolute atomic E-state index is 14.2. The second-order valence-corrected chi connectivity index (χ2v) is 30.7. The van der Waals surface area contributed by atoms with Crippen LogP contribution in [0.5, 0.6) is 11.8 Å². The first-order chi connectivity index (χ1) is 54.2. The number of halogens is 2. The molecule has 0 spiro atoms. The maximum atomic E-state index is 14.2. The Balaban J connectivity index is 0.000000366. The van der Waals surface area contributed by atoms with E-state index in [1.807, 2.05) is 137 Å². The molecule has 31 heteroatoms. The van der Waals surface area contributed by atoms with Gasteiger partial charge in [0.1, 0.15) is 53.2 Å². The number of nitrogens with two attached hydrogens (primary N) is 2. The van der Waals surface area contributed by atoms with Gasteiger partial charge in [0.2, 0.25) is 40.6 Å². The number of esters is 1. The molecule has 4 aliphatic rings. The van der Waals surface area contributed by atoms with Crippen LogP contribution in [0.25, 0.3) is 56.7 Å². The van der Waals surface area contributed by atoms with Crippen LogP contribution in [0.2, 0.25) is 0 Å². The molecule has 7 heterocycles.